The Morgan fingerprint density at radius 2 is 1.76 bits per heavy atom. The van der Waals surface area contributed by atoms with Crippen LogP contribution in [0.4, 0.5) is 10.8 Å². The van der Waals surface area contributed by atoms with Gasteiger partial charge in [0.25, 0.3) is 11.8 Å². The molecule has 8 nitrogen and oxygen atoms in total. The fourth-order valence-electron chi connectivity index (χ4n) is 4.39. The fourth-order valence-corrected chi connectivity index (χ4v) is 6.55. The second kappa shape index (κ2) is 10.3. The van der Waals surface area contributed by atoms with Crippen molar-refractivity contribution in [3.8, 4) is 0 Å². The third-order valence-corrected chi connectivity index (χ3v) is 8.51. The maximum absolute atomic E-state index is 12.6. The van der Waals surface area contributed by atoms with Gasteiger partial charge in [-0.25, -0.2) is 4.98 Å². The molecule has 2 aliphatic heterocycles. The van der Waals surface area contributed by atoms with Crippen LogP contribution in [0.3, 0.4) is 0 Å². The number of piperidine rings is 1. The highest BCUT2D eigenvalue weighted by Crippen LogP contribution is 2.30. The van der Waals surface area contributed by atoms with Crippen LogP contribution in [0.15, 0.2) is 29.3 Å². The predicted octanol–water partition coefficient (Wildman–Crippen LogP) is 4.09. The van der Waals surface area contributed by atoms with E-state index in [4.69, 9.17) is 0 Å². The van der Waals surface area contributed by atoms with Crippen molar-refractivity contribution in [2.45, 2.75) is 56.6 Å². The number of hydrogen-bond acceptors (Lipinski definition) is 7. The van der Waals surface area contributed by atoms with Crippen molar-refractivity contribution in [2.75, 3.05) is 23.7 Å². The van der Waals surface area contributed by atoms with Gasteiger partial charge in [-0.3, -0.25) is 19.7 Å². The quantitative estimate of drug-likeness (QED) is 0.645. The molecule has 34 heavy (non-hydrogen) atoms. The SMILES string of the molecule is O=C(CC1SC(N2CCCCC2)=NC1=O)Nc1ccc(C(=O)Nc2nc3c(s2)CCCC3)cc1. The number of aryl methyl sites for hydroxylation is 2. The zero-order chi connectivity index (χ0) is 23.5. The molecule has 3 aliphatic rings. The van der Waals surface area contributed by atoms with Crippen LogP contribution in [0.25, 0.3) is 0 Å². The van der Waals surface area contributed by atoms with Gasteiger partial charge in [-0.1, -0.05) is 11.8 Å². The van der Waals surface area contributed by atoms with E-state index >= 15 is 0 Å². The molecule has 2 N–H and O–H groups in total. The van der Waals surface area contributed by atoms with Gasteiger partial charge in [0.15, 0.2) is 10.3 Å². The Bertz CT molecular complexity index is 1100. The summed E-state index contributed by atoms with van der Waals surface area (Å²) in [6.45, 7) is 1.84. The number of rotatable bonds is 5. The first-order valence-corrected chi connectivity index (χ1v) is 13.5. The van der Waals surface area contributed by atoms with Crippen LogP contribution < -0.4 is 10.6 Å². The minimum Gasteiger partial charge on any atom is -0.351 e. The molecule has 0 bridgehead atoms. The van der Waals surface area contributed by atoms with E-state index in [9.17, 15) is 14.4 Å². The van der Waals surface area contributed by atoms with Crippen LogP contribution in [-0.2, 0) is 22.4 Å². The maximum Gasteiger partial charge on any atom is 0.262 e. The molecule has 5 rings (SSSR count). The lowest BCUT2D eigenvalue weighted by atomic mass is 10.0. The number of aliphatic imine (C=N–C) groups is 1. The number of anilines is 2. The van der Waals surface area contributed by atoms with E-state index in [-0.39, 0.29) is 24.1 Å². The average molecular weight is 498 g/mol. The normalized spacial score (nSPS) is 20.0. The molecule has 1 fully saturated rings. The number of thioether (sulfide) groups is 1. The largest absolute Gasteiger partial charge is 0.351 e. The van der Waals surface area contributed by atoms with Crippen LogP contribution >= 0.6 is 23.1 Å². The van der Waals surface area contributed by atoms with Crippen molar-refractivity contribution in [2.24, 2.45) is 4.99 Å². The highest BCUT2D eigenvalue weighted by atomic mass is 32.2. The van der Waals surface area contributed by atoms with Crippen LogP contribution in [0.1, 0.15) is 59.5 Å². The predicted molar refractivity (Wildman–Crippen MR) is 136 cm³/mol. The number of aromatic nitrogens is 1. The molecule has 1 unspecified atom stereocenters. The van der Waals surface area contributed by atoms with Crippen molar-refractivity contribution < 1.29 is 14.4 Å². The van der Waals surface area contributed by atoms with Gasteiger partial charge in [-0.15, -0.1) is 11.3 Å². The molecule has 178 valence electrons. The Balaban J connectivity index is 1.12. The molecule has 1 saturated heterocycles. The number of amides is 3. The van der Waals surface area contributed by atoms with Crippen LogP contribution in [-0.4, -0.2) is 51.1 Å². The molecule has 0 spiro atoms. The molecule has 3 heterocycles. The van der Waals surface area contributed by atoms with Gasteiger partial charge in [-0.05, 0) is 69.2 Å². The number of fused-ring (bicyclic) bond motifs is 1. The summed E-state index contributed by atoms with van der Waals surface area (Å²) in [5.74, 6) is -0.706. The number of benzene rings is 1. The van der Waals surface area contributed by atoms with Gasteiger partial charge in [0.2, 0.25) is 5.91 Å². The van der Waals surface area contributed by atoms with Crippen molar-refractivity contribution in [1.29, 1.82) is 0 Å². The monoisotopic (exact) mass is 497 g/mol. The van der Waals surface area contributed by atoms with E-state index in [1.54, 1.807) is 35.6 Å². The minimum absolute atomic E-state index is 0.0707. The van der Waals surface area contributed by atoms with Crippen LogP contribution in [0, 0.1) is 0 Å². The van der Waals surface area contributed by atoms with Crippen molar-refractivity contribution >= 4 is 56.8 Å². The molecule has 1 aromatic carbocycles. The summed E-state index contributed by atoms with van der Waals surface area (Å²) in [5, 5.41) is 6.61. The number of nitrogens with one attached hydrogen (secondary N) is 2. The van der Waals surface area contributed by atoms with Crippen molar-refractivity contribution in [3.05, 3.63) is 40.4 Å². The second-order valence-electron chi connectivity index (χ2n) is 8.77. The lowest BCUT2D eigenvalue weighted by Crippen LogP contribution is -2.33. The van der Waals surface area contributed by atoms with Gasteiger partial charge in [-0.2, -0.15) is 4.99 Å². The summed E-state index contributed by atoms with van der Waals surface area (Å²) < 4.78 is 0. The molecule has 10 heteroatoms. The summed E-state index contributed by atoms with van der Waals surface area (Å²) in [6, 6.07) is 6.73. The highest BCUT2D eigenvalue weighted by molar-refractivity contribution is 8.15. The number of carbonyl (C=O) groups is 3. The number of amidine groups is 1. The Kier molecular flexibility index (Phi) is 6.96. The van der Waals surface area contributed by atoms with Gasteiger partial charge in [0, 0.05) is 35.6 Å². The van der Waals surface area contributed by atoms with E-state index in [1.165, 1.54) is 29.5 Å². The molecule has 3 amide bonds. The van der Waals surface area contributed by atoms with Gasteiger partial charge < -0.3 is 10.2 Å². The van der Waals surface area contributed by atoms with E-state index in [0.717, 1.165) is 56.1 Å². The molecular weight excluding hydrogens is 470 g/mol. The first kappa shape index (κ1) is 23.0. The number of carbonyl (C=O) groups excluding carboxylic acids is 3. The zero-order valence-electron chi connectivity index (χ0n) is 18.8. The first-order chi connectivity index (χ1) is 16.5. The summed E-state index contributed by atoms with van der Waals surface area (Å²) in [7, 11) is 0. The lowest BCUT2D eigenvalue weighted by molar-refractivity contribution is -0.121. The molecular formula is C24H27N5O3S2. The highest BCUT2D eigenvalue weighted by Gasteiger charge is 2.33. The average Bonchev–Trinajstić information content (AvgIpc) is 3.42. The topological polar surface area (TPSA) is 104 Å². The maximum atomic E-state index is 12.6. The smallest absolute Gasteiger partial charge is 0.262 e. The molecule has 1 atom stereocenters. The standard InChI is InChI=1S/C24H27N5O3S2/c30-20(14-19-22(32)28-24(34-19)29-12-4-1-5-13-29)25-16-10-8-15(9-11-16)21(31)27-23-26-17-6-2-3-7-18(17)33-23/h8-11,19H,1-7,12-14H2,(H,25,30)(H,26,27,31). The summed E-state index contributed by atoms with van der Waals surface area (Å²) in [4.78, 5) is 49.6. The van der Waals surface area contributed by atoms with Crippen LogP contribution in [0.5, 0.6) is 0 Å². The Labute approximate surface area is 206 Å². The molecule has 1 aromatic heterocycles. The third-order valence-electron chi connectivity index (χ3n) is 6.22. The Hall–Kier alpha value is -2.72. The van der Waals surface area contributed by atoms with Gasteiger partial charge >= 0.3 is 0 Å². The van der Waals surface area contributed by atoms with Gasteiger partial charge in [0.1, 0.15) is 5.25 Å². The molecule has 1 aliphatic carbocycles. The number of nitrogens with zero attached hydrogens (tertiary/aromatic N) is 3. The van der Waals surface area contributed by atoms with Gasteiger partial charge in [0.05, 0.1) is 5.69 Å². The third kappa shape index (κ3) is 5.33. The molecule has 0 saturated carbocycles. The fraction of sp³-hybridized carbons (Fsp3) is 0.458. The van der Waals surface area contributed by atoms with Crippen molar-refractivity contribution in [3.63, 3.8) is 0 Å². The molecule has 2 aromatic rings. The lowest BCUT2D eigenvalue weighted by Gasteiger charge is -2.27. The molecule has 0 radical (unpaired) electrons. The van der Waals surface area contributed by atoms with E-state index < -0.39 is 5.25 Å². The van der Waals surface area contributed by atoms with Crippen molar-refractivity contribution in [1.82, 2.24) is 9.88 Å². The first-order valence-electron chi connectivity index (χ1n) is 11.8. The van der Waals surface area contributed by atoms with E-state index in [0.29, 0.717) is 16.4 Å². The van der Waals surface area contributed by atoms with E-state index in [2.05, 4.69) is 25.5 Å². The second-order valence-corrected chi connectivity index (χ2v) is 11.0. The summed E-state index contributed by atoms with van der Waals surface area (Å²) >= 11 is 2.94. The van der Waals surface area contributed by atoms with E-state index in [1.807, 2.05) is 0 Å². The summed E-state index contributed by atoms with van der Waals surface area (Å²) in [6.07, 6.45) is 7.84. The number of hydrogen-bond donors (Lipinski definition) is 2. The minimum atomic E-state index is -0.480. The Morgan fingerprint density at radius 1 is 1.00 bits per heavy atom. The number of likely N-dealkylation sites (tertiary alicyclic amines) is 1. The number of thiazole rings is 1. The zero-order valence-corrected chi connectivity index (χ0v) is 20.5. The van der Waals surface area contributed by atoms with Crippen LogP contribution in [0.2, 0.25) is 0 Å². The summed E-state index contributed by atoms with van der Waals surface area (Å²) in [5.41, 5.74) is 2.18. The Morgan fingerprint density at radius 3 is 2.53 bits per heavy atom.